The van der Waals surface area contributed by atoms with E-state index in [-0.39, 0.29) is 51.4 Å². The van der Waals surface area contributed by atoms with Crippen LogP contribution in [-0.4, -0.2) is 56.5 Å². The zero-order chi connectivity index (χ0) is 8.81. The first kappa shape index (κ1) is 13.7. The molecule has 1 N–H and O–H groups in total. The maximum atomic E-state index is 9.03. The number of rotatable bonds is 4. The zero-order valence-corrected chi connectivity index (χ0v) is 7.59. The Labute approximate surface area is 123 Å². The second-order valence-electron chi connectivity index (χ2n) is 3.12. The Bertz CT molecular complexity index is 218. The summed E-state index contributed by atoms with van der Waals surface area (Å²) in [6.07, 6.45) is 4.94. The molecule has 0 bridgehead atoms. The van der Waals surface area contributed by atoms with Gasteiger partial charge in [0.15, 0.2) is 0 Å². The third-order valence-electron chi connectivity index (χ3n) is 2.01. The number of benzene rings is 1. The van der Waals surface area contributed by atoms with Gasteiger partial charge in [0.1, 0.15) is 5.75 Å². The van der Waals surface area contributed by atoms with Crippen molar-refractivity contribution in [1.82, 2.24) is 0 Å². The molecule has 0 saturated heterocycles. The Morgan fingerprint density at radius 2 is 1.69 bits per heavy atom. The van der Waals surface area contributed by atoms with Crippen molar-refractivity contribution in [3.05, 3.63) is 29.8 Å². The van der Waals surface area contributed by atoms with E-state index in [0.29, 0.717) is 5.75 Å². The van der Waals surface area contributed by atoms with Crippen molar-refractivity contribution in [2.45, 2.75) is 32.6 Å². The second-order valence-corrected chi connectivity index (χ2v) is 3.12. The van der Waals surface area contributed by atoms with Crippen LogP contribution in [0.3, 0.4) is 0 Å². The van der Waals surface area contributed by atoms with Crippen LogP contribution >= 0.6 is 0 Å². The van der Waals surface area contributed by atoms with E-state index in [2.05, 4.69) is 6.92 Å². The van der Waals surface area contributed by atoms with E-state index in [9.17, 15) is 0 Å². The van der Waals surface area contributed by atoms with Crippen molar-refractivity contribution in [2.24, 2.45) is 0 Å². The molecule has 0 aliphatic heterocycles. The van der Waals surface area contributed by atoms with Crippen LogP contribution in [-0.2, 0) is 6.42 Å². The molecule has 0 heterocycles. The Kier molecular flexibility index (Phi) is 8.41. The van der Waals surface area contributed by atoms with Crippen LogP contribution in [0.1, 0.15) is 31.7 Å². The molecule has 0 aliphatic rings. The molecule has 1 aromatic carbocycles. The number of phenolic OH excluding ortho intramolecular Hbond substituents is 1. The van der Waals surface area contributed by atoms with Gasteiger partial charge in [0.2, 0.25) is 0 Å². The zero-order valence-electron chi connectivity index (χ0n) is 7.59. The van der Waals surface area contributed by atoms with Gasteiger partial charge >= 0.3 is 51.4 Å². The van der Waals surface area contributed by atoms with Crippen LogP contribution in [0.5, 0.6) is 5.75 Å². The van der Waals surface area contributed by atoms with Crippen LogP contribution < -0.4 is 0 Å². The van der Waals surface area contributed by atoms with Crippen molar-refractivity contribution >= 4 is 51.4 Å². The summed E-state index contributed by atoms with van der Waals surface area (Å²) < 4.78 is 0. The molecule has 2 heteroatoms. The third-order valence-corrected chi connectivity index (χ3v) is 2.01. The number of hydrogen-bond acceptors (Lipinski definition) is 1. The molecule has 0 aromatic heterocycles. The molecule has 0 aliphatic carbocycles. The molecule has 1 rings (SSSR count). The first-order valence-electron chi connectivity index (χ1n) is 4.61. The molecule has 13 heavy (non-hydrogen) atoms. The minimum atomic E-state index is 0. The van der Waals surface area contributed by atoms with Crippen LogP contribution in [0.25, 0.3) is 0 Å². The minimum absolute atomic E-state index is 0. The number of unbranched alkanes of at least 4 members (excludes halogenated alkanes) is 2. The van der Waals surface area contributed by atoms with E-state index >= 15 is 0 Å². The fraction of sp³-hybridized carbons (Fsp3) is 0.455. The Morgan fingerprint density at radius 1 is 1.08 bits per heavy atom. The standard InChI is InChI=1S/C11H16O.K.H/c1-2-3-4-5-10-6-8-11(12)9-7-10;;/h6-9,12H,2-5H2,1H3;;. The van der Waals surface area contributed by atoms with Gasteiger partial charge < -0.3 is 5.11 Å². The third kappa shape index (κ3) is 5.86. The molecule has 0 fully saturated rings. The Morgan fingerprint density at radius 3 is 2.23 bits per heavy atom. The molecule has 0 amide bonds. The number of phenols is 1. The van der Waals surface area contributed by atoms with Gasteiger partial charge in [-0.15, -0.1) is 0 Å². The van der Waals surface area contributed by atoms with Gasteiger partial charge in [-0.2, -0.15) is 0 Å². The topological polar surface area (TPSA) is 20.2 Å². The molecule has 1 aromatic rings. The van der Waals surface area contributed by atoms with Crippen LogP contribution in [0, 0.1) is 0 Å². The average molecular weight is 204 g/mol. The van der Waals surface area contributed by atoms with E-state index in [0.717, 1.165) is 6.42 Å². The molecular weight excluding hydrogens is 187 g/mol. The van der Waals surface area contributed by atoms with E-state index in [1.54, 1.807) is 12.1 Å². The summed E-state index contributed by atoms with van der Waals surface area (Å²) in [6.45, 7) is 2.21. The molecular formula is C11H17KO. The molecule has 0 radical (unpaired) electrons. The molecule has 0 unspecified atom stereocenters. The number of hydrogen-bond donors (Lipinski definition) is 1. The van der Waals surface area contributed by atoms with Crippen molar-refractivity contribution < 1.29 is 5.11 Å². The van der Waals surface area contributed by atoms with E-state index < -0.39 is 0 Å². The Hall–Kier alpha value is 0.656. The summed E-state index contributed by atoms with van der Waals surface area (Å²) in [7, 11) is 0. The summed E-state index contributed by atoms with van der Waals surface area (Å²) >= 11 is 0. The molecule has 0 spiro atoms. The second kappa shape index (κ2) is 8.01. The predicted octanol–water partition coefficient (Wildman–Crippen LogP) is 2.48. The van der Waals surface area contributed by atoms with Crippen LogP contribution in [0.15, 0.2) is 24.3 Å². The average Bonchev–Trinajstić information content (AvgIpc) is 2.09. The quantitative estimate of drug-likeness (QED) is 0.590. The first-order valence-corrected chi connectivity index (χ1v) is 4.61. The normalized spacial score (nSPS) is 9.31. The van der Waals surface area contributed by atoms with Crippen molar-refractivity contribution in [2.75, 3.05) is 0 Å². The summed E-state index contributed by atoms with van der Waals surface area (Å²) in [5.41, 5.74) is 1.32. The fourth-order valence-electron chi connectivity index (χ4n) is 1.24. The molecule has 68 valence electrons. The van der Waals surface area contributed by atoms with E-state index in [1.807, 2.05) is 12.1 Å². The van der Waals surface area contributed by atoms with Gasteiger partial charge in [-0.3, -0.25) is 0 Å². The van der Waals surface area contributed by atoms with Crippen molar-refractivity contribution in [3.63, 3.8) is 0 Å². The van der Waals surface area contributed by atoms with Gasteiger partial charge in [0.25, 0.3) is 0 Å². The molecule has 1 nitrogen and oxygen atoms in total. The van der Waals surface area contributed by atoms with Gasteiger partial charge in [-0.05, 0) is 30.5 Å². The maximum absolute atomic E-state index is 9.03. The Balaban J connectivity index is 0.00000144. The van der Waals surface area contributed by atoms with E-state index in [1.165, 1.54) is 24.8 Å². The van der Waals surface area contributed by atoms with Gasteiger partial charge in [-0.25, -0.2) is 0 Å². The summed E-state index contributed by atoms with van der Waals surface area (Å²) in [5.74, 6) is 0.356. The SMILES string of the molecule is CCCCCc1ccc(O)cc1.[KH]. The van der Waals surface area contributed by atoms with Gasteiger partial charge in [-0.1, -0.05) is 31.9 Å². The number of aryl methyl sites for hydroxylation is 1. The summed E-state index contributed by atoms with van der Waals surface area (Å²) in [6, 6.07) is 7.48. The fourth-order valence-corrected chi connectivity index (χ4v) is 1.24. The van der Waals surface area contributed by atoms with Crippen LogP contribution in [0.4, 0.5) is 0 Å². The van der Waals surface area contributed by atoms with Crippen molar-refractivity contribution in [3.8, 4) is 5.75 Å². The van der Waals surface area contributed by atoms with Gasteiger partial charge in [0.05, 0.1) is 0 Å². The van der Waals surface area contributed by atoms with Crippen molar-refractivity contribution in [1.29, 1.82) is 0 Å². The van der Waals surface area contributed by atoms with E-state index in [4.69, 9.17) is 5.11 Å². The predicted molar refractivity (Wildman–Crippen MR) is 58.5 cm³/mol. The van der Waals surface area contributed by atoms with Gasteiger partial charge in [0, 0.05) is 0 Å². The van der Waals surface area contributed by atoms with Crippen LogP contribution in [0.2, 0.25) is 0 Å². The monoisotopic (exact) mass is 204 g/mol. The summed E-state index contributed by atoms with van der Waals surface area (Å²) in [5, 5.41) is 9.03. The molecule has 0 saturated carbocycles. The number of aromatic hydroxyl groups is 1. The molecule has 0 atom stereocenters. The first-order chi connectivity index (χ1) is 5.83. The summed E-state index contributed by atoms with van der Waals surface area (Å²) in [4.78, 5) is 0.